The van der Waals surface area contributed by atoms with E-state index >= 15 is 0 Å². The summed E-state index contributed by atoms with van der Waals surface area (Å²) in [6.07, 6.45) is 0. The summed E-state index contributed by atoms with van der Waals surface area (Å²) in [7, 11) is 0. The van der Waals surface area contributed by atoms with Crippen molar-refractivity contribution < 1.29 is 13.9 Å². The van der Waals surface area contributed by atoms with Crippen LogP contribution in [0.3, 0.4) is 0 Å². The van der Waals surface area contributed by atoms with Gasteiger partial charge in [0.25, 0.3) is 0 Å². The number of carbonyl (C=O) groups excluding carboxylic acids is 1. The van der Waals surface area contributed by atoms with Crippen molar-refractivity contribution in [3.63, 3.8) is 0 Å². The lowest BCUT2D eigenvalue weighted by Gasteiger charge is -2.25. The molecular weight excluding hydrogens is 257 g/mol. The van der Waals surface area contributed by atoms with Crippen molar-refractivity contribution in [2.75, 3.05) is 13.1 Å². The topological polar surface area (TPSA) is 38.3 Å². The number of ether oxygens (including phenoxy) is 1. The molecular formula is C16H22FNO2. The summed E-state index contributed by atoms with van der Waals surface area (Å²) in [5, 5.41) is 3.16. The molecule has 4 heteroatoms. The first kappa shape index (κ1) is 15.0. The maximum absolute atomic E-state index is 14.1. The van der Waals surface area contributed by atoms with Gasteiger partial charge in [-0.2, -0.15) is 0 Å². The van der Waals surface area contributed by atoms with Gasteiger partial charge in [0.1, 0.15) is 11.4 Å². The molecule has 1 heterocycles. The fraction of sp³-hybridized carbons (Fsp3) is 0.562. The molecule has 1 fully saturated rings. The number of esters is 1. The van der Waals surface area contributed by atoms with E-state index < -0.39 is 5.60 Å². The van der Waals surface area contributed by atoms with E-state index in [1.54, 1.807) is 6.07 Å². The Morgan fingerprint density at radius 1 is 1.35 bits per heavy atom. The highest BCUT2D eigenvalue weighted by atomic mass is 19.1. The summed E-state index contributed by atoms with van der Waals surface area (Å²) in [6.45, 7) is 8.51. The number of halogens is 1. The second-order valence-electron chi connectivity index (χ2n) is 6.43. The standard InChI is InChI=1S/C16H22FNO2/c1-10-5-6-11(14(17)7-10)12-8-18-9-13(12)15(19)20-16(2,3)4/h5-7,12-13,18H,8-9H2,1-4H3. The number of nitrogens with one attached hydrogen (secondary N) is 1. The Balaban J connectivity index is 2.21. The maximum Gasteiger partial charge on any atom is 0.311 e. The molecule has 20 heavy (non-hydrogen) atoms. The van der Waals surface area contributed by atoms with Crippen LogP contribution in [0.1, 0.15) is 37.8 Å². The zero-order valence-corrected chi connectivity index (χ0v) is 12.5. The fourth-order valence-corrected chi connectivity index (χ4v) is 2.56. The fourth-order valence-electron chi connectivity index (χ4n) is 2.56. The number of rotatable bonds is 2. The van der Waals surface area contributed by atoms with Crippen LogP contribution in [0.5, 0.6) is 0 Å². The van der Waals surface area contributed by atoms with E-state index in [1.807, 2.05) is 33.8 Å². The van der Waals surface area contributed by atoms with Gasteiger partial charge in [0.05, 0.1) is 5.92 Å². The zero-order valence-electron chi connectivity index (χ0n) is 12.5. The minimum Gasteiger partial charge on any atom is -0.460 e. The first-order valence-electron chi connectivity index (χ1n) is 6.97. The van der Waals surface area contributed by atoms with E-state index in [0.717, 1.165) is 5.56 Å². The second kappa shape index (κ2) is 5.52. The van der Waals surface area contributed by atoms with Crippen LogP contribution >= 0.6 is 0 Å². The van der Waals surface area contributed by atoms with E-state index in [1.165, 1.54) is 6.07 Å². The normalized spacial score (nSPS) is 22.9. The van der Waals surface area contributed by atoms with Gasteiger partial charge in [-0.25, -0.2) is 4.39 Å². The van der Waals surface area contributed by atoms with Gasteiger partial charge in [-0.1, -0.05) is 12.1 Å². The highest BCUT2D eigenvalue weighted by molar-refractivity contribution is 5.75. The van der Waals surface area contributed by atoms with Crippen molar-refractivity contribution in [3.05, 3.63) is 35.1 Å². The van der Waals surface area contributed by atoms with Gasteiger partial charge in [0, 0.05) is 19.0 Å². The first-order valence-corrected chi connectivity index (χ1v) is 6.97. The van der Waals surface area contributed by atoms with Crippen molar-refractivity contribution >= 4 is 5.97 Å². The van der Waals surface area contributed by atoms with Crippen LogP contribution in [0.4, 0.5) is 4.39 Å². The first-order chi connectivity index (χ1) is 9.28. The van der Waals surface area contributed by atoms with Crippen molar-refractivity contribution in [2.45, 2.75) is 39.2 Å². The summed E-state index contributed by atoms with van der Waals surface area (Å²) < 4.78 is 19.5. The molecule has 1 aromatic carbocycles. The lowest BCUT2D eigenvalue weighted by Crippen LogP contribution is -2.32. The van der Waals surface area contributed by atoms with Crippen LogP contribution in [-0.4, -0.2) is 24.7 Å². The van der Waals surface area contributed by atoms with Gasteiger partial charge in [0.15, 0.2) is 0 Å². The SMILES string of the molecule is Cc1ccc(C2CNCC2C(=O)OC(C)(C)C)c(F)c1. The van der Waals surface area contributed by atoms with Gasteiger partial charge in [-0.3, -0.25) is 4.79 Å². The smallest absolute Gasteiger partial charge is 0.311 e. The summed E-state index contributed by atoms with van der Waals surface area (Å²) >= 11 is 0. The highest BCUT2D eigenvalue weighted by Gasteiger charge is 2.37. The molecule has 0 radical (unpaired) electrons. The average Bonchev–Trinajstić information content (AvgIpc) is 2.75. The van der Waals surface area contributed by atoms with Crippen LogP contribution < -0.4 is 5.32 Å². The van der Waals surface area contributed by atoms with Crippen molar-refractivity contribution in [2.24, 2.45) is 5.92 Å². The van der Waals surface area contributed by atoms with E-state index in [4.69, 9.17) is 4.74 Å². The van der Waals surface area contributed by atoms with Crippen molar-refractivity contribution in [3.8, 4) is 0 Å². The molecule has 2 rings (SSSR count). The van der Waals surface area contributed by atoms with Gasteiger partial charge in [-0.15, -0.1) is 0 Å². The third-order valence-corrected chi connectivity index (χ3v) is 3.48. The van der Waals surface area contributed by atoms with E-state index in [2.05, 4.69) is 5.32 Å². The largest absolute Gasteiger partial charge is 0.460 e. The van der Waals surface area contributed by atoms with Crippen LogP contribution in [-0.2, 0) is 9.53 Å². The highest BCUT2D eigenvalue weighted by Crippen LogP contribution is 2.32. The van der Waals surface area contributed by atoms with Gasteiger partial charge in [-0.05, 0) is 44.9 Å². The van der Waals surface area contributed by atoms with Gasteiger partial charge >= 0.3 is 5.97 Å². The number of hydrogen-bond donors (Lipinski definition) is 1. The quantitative estimate of drug-likeness (QED) is 0.846. The van der Waals surface area contributed by atoms with Crippen LogP contribution in [0.15, 0.2) is 18.2 Å². The monoisotopic (exact) mass is 279 g/mol. The molecule has 0 bridgehead atoms. The zero-order chi connectivity index (χ0) is 14.9. The second-order valence-corrected chi connectivity index (χ2v) is 6.43. The van der Waals surface area contributed by atoms with Crippen LogP contribution in [0, 0.1) is 18.7 Å². The Morgan fingerprint density at radius 2 is 2.05 bits per heavy atom. The maximum atomic E-state index is 14.1. The molecule has 110 valence electrons. The number of benzene rings is 1. The van der Waals surface area contributed by atoms with E-state index in [-0.39, 0.29) is 23.6 Å². The molecule has 1 aromatic rings. The van der Waals surface area contributed by atoms with Crippen LogP contribution in [0.25, 0.3) is 0 Å². The third-order valence-electron chi connectivity index (χ3n) is 3.48. The third kappa shape index (κ3) is 3.37. The molecule has 1 aliphatic heterocycles. The molecule has 0 spiro atoms. The Kier molecular flexibility index (Phi) is 4.14. The minimum absolute atomic E-state index is 0.162. The Bertz CT molecular complexity index is 508. The molecule has 0 aliphatic carbocycles. The number of aryl methyl sites for hydroxylation is 1. The summed E-state index contributed by atoms with van der Waals surface area (Å²) in [6, 6.07) is 5.17. The molecule has 0 aromatic heterocycles. The van der Waals surface area contributed by atoms with E-state index in [0.29, 0.717) is 18.7 Å². The Hall–Kier alpha value is -1.42. The van der Waals surface area contributed by atoms with Crippen molar-refractivity contribution in [1.82, 2.24) is 5.32 Å². The predicted octanol–water partition coefficient (Wildman–Crippen LogP) is 2.78. The number of carbonyl (C=O) groups is 1. The lowest BCUT2D eigenvalue weighted by atomic mass is 9.88. The van der Waals surface area contributed by atoms with E-state index in [9.17, 15) is 9.18 Å². The Morgan fingerprint density at radius 3 is 2.65 bits per heavy atom. The predicted molar refractivity (Wildman–Crippen MR) is 76.1 cm³/mol. The lowest BCUT2D eigenvalue weighted by molar-refractivity contribution is -0.159. The molecule has 3 nitrogen and oxygen atoms in total. The minimum atomic E-state index is -0.518. The summed E-state index contributed by atoms with van der Waals surface area (Å²) in [5.41, 5.74) is 0.957. The molecule has 0 amide bonds. The number of hydrogen-bond acceptors (Lipinski definition) is 3. The van der Waals surface area contributed by atoms with Crippen LogP contribution in [0.2, 0.25) is 0 Å². The van der Waals surface area contributed by atoms with Gasteiger partial charge in [0.2, 0.25) is 0 Å². The summed E-state index contributed by atoms with van der Waals surface area (Å²) in [4.78, 5) is 12.2. The molecule has 0 saturated carbocycles. The molecule has 1 saturated heterocycles. The molecule has 1 aliphatic rings. The van der Waals surface area contributed by atoms with Gasteiger partial charge < -0.3 is 10.1 Å². The average molecular weight is 279 g/mol. The van der Waals surface area contributed by atoms with Crippen molar-refractivity contribution in [1.29, 1.82) is 0 Å². The molecule has 2 unspecified atom stereocenters. The Labute approximate surface area is 119 Å². The molecule has 2 atom stereocenters. The molecule has 1 N–H and O–H groups in total. The summed E-state index contributed by atoms with van der Waals surface area (Å²) in [5.74, 6) is -0.989.